The molecule has 1 N–H and O–H groups in total. The van der Waals surface area contributed by atoms with E-state index in [1.807, 2.05) is 37.3 Å². The molecule has 0 spiro atoms. The molecule has 0 fully saturated rings. The molecule has 20 heavy (non-hydrogen) atoms. The average molecular weight is 280 g/mol. The summed E-state index contributed by atoms with van der Waals surface area (Å²) in [6, 6.07) is 11.8. The zero-order valence-electron chi connectivity index (χ0n) is 11.0. The fraction of sp³-hybridized carbons (Fsp3) is 0.267. The number of aromatic nitrogens is 1. The van der Waals surface area contributed by atoms with Crippen LogP contribution in [0, 0.1) is 0 Å². The van der Waals surface area contributed by atoms with E-state index in [1.54, 1.807) is 0 Å². The van der Waals surface area contributed by atoms with Crippen molar-refractivity contribution in [3.8, 4) is 0 Å². The maximum absolute atomic E-state index is 12.6. The van der Waals surface area contributed by atoms with E-state index in [9.17, 15) is 13.2 Å². The molecule has 1 aromatic carbocycles. The molecule has 2 aromatic rings. The van der Waals surface area contributed by atoms with Gasteiger partial charge in [0.05, 0.1) is 5.56 Å². The highest BCUT2D eigenvalue weighted by Gasteiger charge is 2.30. The van der Waals surface area contributed by atoms with Crippen molar-refractivity contribution in [1.82, 2.24) is 4.98 Å². The Balaban J connectivity index is 2.01. The number of pyridine rings is 1. The van der Waals surface area contributed by atoms with Gasteiger partial charge < -0.3 is 5.32 Å². The van der Waals surface area contributed by atoms with Gasteiger partial charge in [0, 0.05) is 12.7 Å². The third kappa shape index (κ3) is 3.73. The van der Waals surface area contributed by atoms with Gasteiger partial charge in [-0.05, 0) is 23.6 Å². The molecule has 1 heterocycles. The lowest BCUT2D eigenvalue weighted by Crippen LogP contribution is -2.12. The zero-order chi connectivity index (χ0) is 14.6. The summed E-state index contributed by atoms with van der Waals surface area (Å²) < 4.78 is 37.7. The first-order valence-corrected chi connectivity index (χ1v) is 6.29. The monoisotopic (exact) mass is 280 g/mol. The van der Waals surface area contributed by atoms with Crippen LogP contribution in [0.2, 0.25) is 0 Å². The highest BCUT2D eigenvalue weighted by atomic mass is 19.4. The molecule has 0 saturated heterocycles. The van der Waals surface area contributed by atoms with E-state index in [0.717, 1.165) is 17.7 Å². The Labute approximate surface area is 115 Å². The minimum atomic E-state index is -4.34. The molecule has 0 saturated carbocycles. The first-order chi connectivity index (χ1) is 9.47. The SMILES string of the molecule is CC(CNc1cc(C(F)(F)F)ccn1)c1ccccc1. The predicted octanol–water partition coefficient (Wildman–Crippen LogP) is 4.32. The lowest BCUT2D eigenvalue weighted by molar-refractivity contribution is -0.137. The van der Waals surface area contributed by atoms with E-state index in [2.05, 4.69) is 10.3 Å². The third-order valence-electron chi connectivity index (χ3n) is 3.05. The van der Waals surface area contributed by atoms with Crippen molar-refractivity contribution in [1.29, 1.82) is 0 Å². The Morgan fingerprint density at radius 2 is 1.85 bits per heavy atom. The van der Waals surface area contributed by atoms with Gasteiger partial charge in [-0.1, -0.05) is 37.3 Å². The second-order valence-electron chi connectivity index (χ2n) is 4.62. The second-order valence-corrected chi connectivity index (χ2v) is 4.62. The van der Waals surface area contributed by atoms with Crippen LogP contribution in [0.15, 0.2) is 48.7 Å². The number of hydrogen-bond donors (Lipinski definition) is 1. The molecular formula is C15H15F3N2. The number of halogens is 3. The van der Waals surface area contributed by atoms with Gasteiger partial charge in [0.2, 0.25) is 0 Å². The van der Waals surface area contributed by atoms with E-state index >= 15 is 0 Å². The van der Waals surface area contributed by atoms with E-state index in [-0.39, 0.29) is 11.7 Å². The number of nitrogens with zero attached hydrogens (tertiary/aromatic N) is 1. The summed E-state index contributed by atoms with van der Waals surface area (Å²) in [5.41, 5.74) is 0.439. The smallest absolute Gasteiger partial charge is 0.369 e. The van der Waals surface area contributed by atoms with Gasteiger partial charge in [-0.3, -0.25) is 0 Å². The summed E-state index contributed by atoms with van der Waals surface area (Å²) in [6.45, 7) is 2.54. The van der Waals surface area contributed by atoms with Crippen molar-refractivity contribution in [2.45, 2.75) is 19.0 Å². The number of hydrogen-bond acceptors (Lipinski definition) is 2. The minimum absolute atomic E-state index is 0.188. The molecule has 0 aliphatic carbocycles. The first kappa shape index (κ1) is 14.4. The van der Waals surface area contributed by atoms with E-state index in [4.69, 9.17) is 0 Å². The molecule has 0 aliphatic heterocycles. The topological polar surface area (TPSA) is 24.9 Å². The largest absolute Gasteiger partial charge is 0.416 e. The van der Waals surface area contributed by atoms with Crippen molar-refractivity contribution in [3.05, 3.63) is 59.8 Å². The number of anilines is 1. The molecule has 1 aromatic heterocycles. The van der Waals surface area contributed by atoms with Crippen LogP contribution in [0.3, 0.4) is 0 Å². The molecule has 0 amide bonds. The summed E-state index contributed by atoms with van der Waals surface area (Å²) in [7, 11) is 0. The van der Waals surface area contributed by atoms with Crippen LogP contribution < -0.4 is 5.32 Å². The summed E-state index contributed by atoms with van der Waals surface area (Å²) >= 11 is 0. The lowest BCUT2D eigenvalue weighted by atomic mass is 10.0. The first-order valence-electron chi connectivity index (χ1n) is 6.29. The molecule has 0 radical (unpaired) electrons. The molecular weight excluding hydrogens is 265 g/mol. The summed E-state index contributed by atoms with van der Waals surface area (Å²) in [4.78, 5) is 3.91. The highest BCUT2D eigenvalue weighted by Crippen LogP contribution is 2.30. The van der Waals surface area contributed by atoms with E-state index in [0.29, 0.717) is 6.54 Å². The Hall–Kier alpha value is -2.04. The van der Waals surface area contributed by atoms with Crippen molar-refractivity contribution < 1.29 is 13.2 Å². The van der Waals surface area contributed by atoms with Crippen LogP contribution in [-0.2, 0) is 6.18 Å². The molecule has 1 unspecified atom stereocenters. The second kappa shape index (κ2) is 5.94. The molecule has 0 aliphatic rings. The fourth-order valence-electron chi connectivity index (χ4n) is 1.86. The fourth-order valence-corrected chi connectivity index (χ4v) is 1.86. The number of alkyl halides is 3. The summed E-state index contributed by atoms with van der Waals surface area (Å²) in [5, 5.41) is 2.94. The average Bonchev–Trinajstić information content (AvgIpc) is 2.45. The molecule has 2 rings (SSSR count). The van der Waals surface area contributed by atoms with Crippen LogP contribution in [-0.4, -0.2) is 11.5 Å². The zero-order valence-corrected chi connectivity index (χ0v) is 11.0. The summed E-state index contributed by atoms with van der Waals surface area (Å²) in [6.07, 6.45) is -3.18. The highest BCUT2D eigenvalue weighted by molar-refractivity contribution is 5.39. The molecule has 1 atom stereocenters. The van der Waals surface area contributed by atoms with Gasteiger partial charge in [0.1, 0.15) is 5.82 Å². The minimum Gasteiger partial charge on any atom is -0.369 e. The standard InChI is InChI=1S/C15H15F3N2/c1-11(12-5-3-2-4-6-12)10-20-14-9-13(7-8-19-14)15(16,17)18/h2-9,11H,10H2,1H3,(H,19,20). The van der Waals surface area contributed by atoms with Crippen LogP contribution in [0.25, 0.3) is 0 Å². The Bertz CT molecular complexity index is 553. The normalized spacial score (nSPS) is 13.0. The summed E-state index contributed by atoms with van der Waals surface area (Å²) in [5.74, 6) is 0.426. The van der Waals surface area contributed by atoms with Gasteiger partial charge in [-0.25, -0.2) is 4.98 Å². The Morgan fingerprint density at radius 1 is 1.15 bits per heavy atom. The molecule has 5 heteroatoms. The van der Waals surface area contributed by atoms with Crippen molar-refractivity contribution in [3.63, 3.8) is 0 Å². The van der Waals surface area contributed by atoms with Gasteiger partial charge in [-0.2, -0.15) is 13.2 Å². The third-order valence-corrected chi connectivity index (χ3v) is 3.05. The number of rotatable bonds is 4. The maximum Gasteiger partial charge on any atom is 0.416 e. The maximum atomic E-state index is 12.6. The van der Waals surface area contributed by atoms with Crippen LogP contribution in [0.4, 0.5) is 19.0 Å². The Morgan fingerprint density at radius 3 is 2.50 bits per heavy atom. The van der Waals surface area contributed by atoms with Gasteiger partial charge >= 0.3 is 6.18 Å². The molecule has 106 valence electrons. The molecule has 2 nitrogen and oxygen atoms in total. The van der Waals surface area contributed by atoms with Crippen molar-refractivity contribution >= 4 is 5.82 Å². The van der Waals surface area contributed by atoms with Gasteiger partial charge in [-0.15, -0.1) is 0 Å². The van der Waals surface area contributed by atoms with Gasteiger partial charge in [0.25, 0.3) is 0 Å². The van der Waals surface area contributed by atoms with Crippen LogP contribution in [0.5, 0.6) is 0 Å². The van der Waals surface area contributed by atoms with E-state index < -0.39 is 11.7 Å². The van der Waals surface area contributed by atoms with Crippen molar-refractivity contribution in [2.75, 3.05) is 11.9 Å². The number of nitrogens with one attached hydrogen (secondary N) is 1. The lowest BCUT2D eigenvalue weighted by Gasteiger charge is -2.14. The van der Waals surface area contributed by atoms with Crippen LogP contribution >= 0.6 is 0 Å². The van der Waals surface area contributed by atoms with Crippen molar-refractivity contribution in [2.24, 2.45) is 0 Å². The molecule has 0 bridgehead atoms. The van der Waals surface area contributed by atoms with Crippen LogP contribution in [0.1, 0.15) is 24.0 Å². The van der Waals surface area contributed by atoms with Gasteiger partial charge in [0.15, 0.2) is 0 Å². The Kier molecular flexibility index (Phi) is 4.27. The quantitative estimate of drug-likeness (QED) is 0.902. The number of benzene rings is 1. The van der Waals surface area contributed by atoms with E-state index in [1.165, 1.54) is 6.20 Å². The predicted molar refractivity (Wildman–Crippen MR) is 72.6 cm³/mol.